The van der Waals surface area contributed by atoms with Crippen molar-refractivity contribution in [1.82, 2.24) is 5.32 Å². The minimum Gasteiger partial charge on any atom is -0.496 e. The third-order valence-electron chi connectivity index (χ3n) is 2.27. The fourth-order valence-electron chi connectivity index (χ4n) is 1.53. The smallest absolute Gasteiger partial charge is 0.239 e. The van der Waals surface area contributed by atoms with Crippen LogP contribution in [-0.4, -0.2) is 20.1 Å². The summed E-state index contributed by atoms with van der Waals surface area (Å²) in [6.45, 7) is 1.96. The van der Waals surface area contributed by atoms with E-state index in [2.05, 4.69) is 5.32 Å². The molecule has 82 valence electrons. The van der Waals surface area contributed by atoms with Crippen molar-refractivity contribution in [2.75, 3.05) is 14.2 Å². The molecule has 1 amide bonds. The number of rotatable bonds is 4. The molecular formula is C11H16N2O2. The first kappa shape index (κ1) is 11.5. The number of methoxy groups -OCH3 is 1. The van der Waals surface area contributed by atoms with E-state index >= 15 is 0 Å². The molecule has 1 aromatic rings. The molecule has 0 radical (unpaired) electrons. The Kier molecular flexibility index (Phi) is 3.68. The van der Waals surface area contributed by atoms with E-state index < -0.39 is 11.9 Å². The van der Waals surface area contributed by atoms with E-state index in [0.29, 0.717) is 5.75 Å². The van der Waals surface area contributed by atoms with Gasteiger partial charge in [0.1, 0.15) is 11.8 Å². The lowest BCUT2D eigenvalue weighted by atomic mass is 10.0. The molecule has 0 saturated carbocycles. The number of amides is 1. The molecule has 0 spiro atoms. The number of ether oxygens (including phenoxy) is 1. The maximum Gasteiger partial charge on any atom is 0.239 e. The number of benzene rings is 1. The Balaban J connectivity index is 3.19. The first-order valence-electron chi connectivity index (χ1n) is 4.71. The third kappa shape index (κ3) is 2.47. The van der Waals surface area contributed by atoms with E-state index in [0.717, 1.165) is 11.1 Å². The van der Waals surface area contributed by atoms with E-state index in [1.165, 1.54) is 0 Å². The zero-order chi connectivity index (χ0) is 11.4. The number of carbonyl (C=O) groups is 1. The summed E-state index contributed by atoms with van der Waals surface area (Å²) in [5.74, 6) is 0.250. The molecule has 0 heterocycles. The number of aryl methyl sites for hydroxylation is 1. The normalized spacial score (nSPS) is 12.2. The van der Waals surface area contributed by atoms with Crippen molar-refractivity contribution in [3.05, 3.63) is 29.3 Å². The zero-order valence-corrected chi connectivity index (χ0v) is 9.20. The molecule has 1 atom stereocenters. The van der Waals surface area contributed by atoms with Crippen molar-refractivity contribution in [1.29, 1.82) is 0 Å². The monoisotopic (exact) mass is 208 g/mol. The van der Waals surface area contributed by atoms with Gasteiger partial charge in [0.15, 0.2) is 0 Å². The number of nitrogens with one attached hydrogen (secondary N) is 1. The Morgan fingerprint density at radius 1 is 1.53 bits per heavy atom. The summed E-state index contributed by atoms with van der Waals surface area (Å²) in [5, 5.41) is 2.87. The van der Waals surface area contributed by atoms with Gasteiger partial charge in [0.2, 0.25) is 5.91 Å². The van der Waals surface area contributed by atoms with E-state index in [1.807, 2.05) is 25.1 Å². The van der Waals surface area contributed by atoms with Crippen molar-refractivity contribution in [2.24, 2.45) is 5.73 Å². The number of hydrogen-bond acceptors (Lipinski definition) is 3. The number of primary amides is 1. The van der Waals surface area contributed by atoms with Gasteiger partial charge in [-0.25, -0.2) is 0 Å². The fourth-order valence-corrected chi connectivity index (χ4v) is 1.53. The zero-order valence-electron chi connectivity index (χ0n) is 9.20. The van der Waals surface area contributed by atoms with Gasteiger partial charge in [-0.15, -0.1) is 0 Å². The Bertz CT molecular complexity index is 364. The van der Waals surface area contributed by atoms with Gasteiger partial charge >= 0.3 is 0 Å². The molecule has 4 nitrogen and oxygen atoms in total. The van der Waals surface area contributed by atoms with Gasteiger partial charge < -0.3 is 15.8 Å². The number of carbonyl (C=O) groups excluding carboxylic acids is 1. The molecular weight excluding hydrogens is 192 g/mol. The lowest BCUT2D eigenvalue weighted by Crippen LogP contribution is -2.31. The summed E-state index contributed by atoms with van der Waals surface area (Å²) in [6, 6.07) is 5.14. The largest absolute Gasteiger partial charge is 0.496 e. The van der Waals surface area contributed by atoms with Gasteiger partial charge in [-0.1, -0.05) is 17.7 Å². The van der Waals surface area contributed by atoms with Gasteiger partial charge in [-0.3, -0.25) is 4.79 Å². The molecule has 0 saturated heterocycles. The maximum absolute atomic E-state index is 11.2. The molecule has 0 aliphatic heterocycles. The van der Waals surface area contributed by atoms with Crippen molar-refractivity contribution in [3.63, 3.8) is 0 Å². The minimum absolute atomic E-state index is 0.415. The van der Waals surface area contributed by atoms with Crippen LogP contribution in [0.15, 0.2) is 18.2 Å². The van der Waals surface area contributed by atoms with Crippen LogP contribution in [0.2, 0.25) is 0 Å². The Hall–Kier alpha value is -1.55. The summed E-state index contributed by atoms with van der Waals surface area (Å²) in [5.41, 5.74) is 7.13. The third-order valence-corrected chi connectivity index (χ3v) is 2.27. The van der Waals surface area contributed by atoms with Crippen molar-refractivity contribution >= 4 is 5.91 Å². The summed E-state index contributed by atoms with van der Waals surface area (Å²) in [4.78, 5) is 11.2. The predicted octanol–water partition coefficient (Wildman–Crippen LogP) is 0.749. The quantitative estimate of drug-likeness (QED) is 0.767. The predicted molar refractivity (Wildman–Crippen MR) is 58.7 cm³/mol. The highest BCUT2D eigenvalue weighted by atomic mass is 16.5. The van der Waals surface area contributed by atoms with Gasteiger partial charge in [0.05, 0.1) is 7.11 Å². The van der Waals surface area contributed by atoms with Crippen LogP contribution in [0.1, 0.15) is 17.2 Å². The average molecular weight is 208 g/mol. The standard InChI is InChI=1S/C11H16N2O2/c1-7-4-5-9(15-3)8(6-7)10(13-2)11(12)14/h4-6,10,13H,1-3H3,(H2,12,14). The van der Waals surface area contributed by atoms with Gasteiger partial charge in [-0.2, -0.15) is 0 Å². The van der Waals surface area contributed by atoms with Gasteiger partial charge in [0, 0.05) is 5.56 Å². The second-order valence-corrected chi connectivity index (χ2v) is 3.37. The molecule has 1 aromatic carbocycles. The van der Waals surface area contributed by atoms with Gasteiger partial charge in [-0.05, 0) is 20.0 Å². The van der Waals surface area contributed by atoms with Crippen molar-refractivity contribution in [3.8, 4) is 5.75 Å². The molecule has 3 N–H and O–H groups in total. The topological polar surface area (TPSA) is 64.3 Å². The number of hydrogen-bond donors (Lipinski definition) is 2. The Morgan fingerprint density at radius 2 is 2.20 bits per heavy atom. The first-order valence-corrected chi connectivity index (χ1v) is 4.71. The second-order valence-electron chi connectivity index (χ2n) is 3.37. The fraction of sp³-hybridized carbons (Fsp3) is 0.364. The van der Waals surface area contributed by atoms with Crippen LogP contribution in [0.25, 0.3) is 0 Å². The van der Waals surface area contributed by atoms with Crippen LogP contribution in [0.4, 0.5) is 0 Å². The van der Waals surface area contributed by atoms with Crippen LogP contribution in [0.3, 0.4) is 0 Å². The Labute approximate surface area is 89.4 Å². The van der Waals surface area contributed by atoms with Crippen LogP contribution >= 0.6 is 0 Å². The van der Waals surface area contributed by atoms with E-state index in [9.17, 15) is 4.79 Å². The van der Waals surface area contributed by atoms with Crippen molar-refractivity contribution in [2.45, 2.75) is 13.0 Å². The highest BCUT2D eigenvalue weighted by molar-refractivity contribution is 5.82. The van der Waals surface area contributed by atoms with Gasteiger partial charge in [0.25, 0.3) is 0 Å². The van der Waals surface area contributed by atoms with Crippen LogP contribution in [0, 0.1) is 6.92 Å². The lowest BCUT2D eigenvalue weighted by molar-refractivity contribution is -0.120. The molecule has 4 heteroatoms. The molecule has 15 heavy (non-hydrogen) atoms. The Morgan fingerprint density at radius 3 is 2.67 bits per heavy atom. The van der Waals surface area contributed by atoms with Crippen LogP contribution < -0.4 is 15.8 Å². The van der Waals surface area contributed by atoms with Crippen LogP contribution in [0.5, 0.6) is 5.75 Å². The lowest BCUT2D eigenvalue weighted by Gasteiger charge is -2.16. The highest BCUT2D eigenvalue weighted by Crippen LogP contribution is 2.25. The van der Waals surface area contributed by atoms with E-state index in [4.69, 9.17) is 10.5 Å². The molecule has 1 rings (SSSR count). The van der Waals surface area contributed by atoms with Crippen molar-refractivity contribution < 1.29 is 9.53 Å². The van der Waals surface area contributed by atoms with Crippen LogP contribution in [-0.2, 0) is 4.79 Å². The molecule has 0 aromatic heterocycles. The summed E-state index contributed by atoms with van der Waals surface area (Å²) in [6.07, 6.45) is 0. The molecule has 0 fully saturated rings. The maximum atomic E-state index is 11.2. The van der Waals surface area contributed by atoms with E-state index in [1.54, 1.807) is 14.2 Å². The SMILES string of the molecule is CNC(C(N)=O)c1cc(C)ccc1OC. The summed E-state index contributed by atoms with van der Waals surface area (Å²) in [7, 11) is 3.26. The average Bonchev–Trinajstić information content (AvgIpc) is 2.18. The summed E-state index contributed by atoms with van der Waals surface area (Å²) < 4.78 is 5.19. The molecule has 0 aliphatic rings. The molecule has 1 unspecified atom stereocenters. The minimum atomic E-state index is -0.514. The first-order chi connectivity index (χ1) is 7.10. The second kappa shape index (κ2) is 4.79. The summed E-state index contributed by atoms with van der Waals surface area (Å²) >= 11 is 0. The molecule has 0 aliphatic carbocycles. The number of nitrogens with two attached hydrogens (primary N) is 1. The molecule has 0 bridgehead atoms. The highest BCUT2D eigenvalue weighted by Gasteiger charge is 2.19. The van der Waals surface area contributed by atoms with E-state index in [-0.39, 0.29) is 0 Å². The number of likely N-dealkylation sites (N-methyl/N-ethyl adjacent to an activating group) is 1.